The highest BCUT2D eigenvalue weighted by Crippen LogP contribution is 2.41. The number of fused-ring (bicyclic) bond motifs is 7. The van der Waals surface area contributed by atoms with E-state index in [0.29, 0.717) is 0 Å². The molecule has 0 bridgehead atoms. The zero-order valence-corrected chi connectivity index (χ0v) is 33.3. The van der Waals surface area contributed by atoms with Crippen molar-refractivity contribution in [1.82, 2.24) is 9.55 Å². The minimum absolute atomic E-state index is 0.920. The maximum Gasteiger partial charge on any atom is 0.0716 e. The Labute approximate surface area is 354 Å². The van der Waals surface area contributed by atoms with E-state index in [4.69, 9.17) is 4.98 Å². The predicted molar refractivity (Wildman–Crippen MR) is 258 cm³/mol. The molecule has 0 aliphatic heterocycles. The number of nitrogens with zero attached hydrogens (tertiary/aromatic N) is 2. The fourth-order valence-corrected chi connectivity index (χ4v) is 9.37. The van der Waals surface area contributed by atoms with Crippen LogP contribution in [0.25, 0.3) is 116 Å². The summed E-state index contributed by atoms with van der Waals surface area (Å²) >= 11 is 0. The third-order valence-electron chi connectivity index (χ3n) is 12.3. The monoisotopic (exact) mass is 774 g/mol. The number of hydrogen-bond acceptors (Lipinski definition) is 1. The summed E-state index contributed by atoms with van der Waals surface area (Å²) in [6.07, 6.45) is 0. The maximum absolute atomic E-state index is 5.54. The van der Waals surface area contributed by atoms with Gasteiger partial charge in [-0.15, -0.1) is 0 Å². The lowest BCUT2D eigenvalue weighted by Gasteiger charge is -2.17. The molecule has 0 atom stereocenters. The average molecular weight is 775 g/mol. The lowest BCUT2D eigenvalue weighted by molar-refractivity contribution is 1.18. The van der Waals surface area contributed by atoms with Crippen LogP contribution in [0.4, 0.5) is 0 Å². The Bertz CT molecular complexity index is 3640. The molecule has 2 aromatic heterocycles. The standard InChI is InChI=1S/C59H38N2/c1-3-15-39(16-4-1)43-29-30-54-53-25-13-14-26-58(53)61(59(54)38-43)49-33-47(55-35-44-21-9-10-22-50(44)51-23-11-12-24-52(51)55)32-48(34-49)57-37-46(40-17-5-2-6-18-40)36-56(60-57)45-28-27-41-19-7-8-20-42(41)31-45/h1-38H. The number of benzene rings is 10. The van der Waals surface area contributed by atoms with Crippen molar-refractivity contribution in [3.8, 4) is 61.6 Å². The molecule has 0 amide bonds. The van der Waals surface area contributed by atoms with Crippen LogP contribution in [0.3, 0.4) is 0 Å². The molecule has 2 heterocycles. The smallest absolute Gasteiger partial charge is 0.0716 e. The van der Waals surface area contributed by atoms with E-state index in [0.717, 1.165) is 55.9 Å². The number of para-hydroxylation sites is 1. The van der Waals surface area contributed by atoms with E-state index >= 15 is 0 Å². The first kappa shape index (κ1) is 34.9. The van der Waals surface area contributed by atoms with Crippen molar-refractivity contribution in [2.24, 2.45) is 0 Å². The summed E-state index contributed by atoms with van der Waals surface area (Å²) in [5, 5.41) is 9.80. The molecule has 0 aliphatic carbocycles. The molecule has 0 radical (unpaired) electrons. The molecular weight excluding hydrogens is 737 g/mol. The molecule has 2 heteroatoms. The van der Waals surface area contributed by atoms with Crippen molar-refractivity contribution in [3.05, 3.63) is 231 Å². The van der Waals surface area contributed by atoms with Crippen molar-refractivity contribution >= 4 is 54.1 Å². The summed E-state index contributed by atoms with van der Waals surface area (Å²) in [4.78, 5) is 5.54. The van der Waals surface area contributed by atoms with Crippen molar-refractivity contribution in [1.29, 1.82) is 0 Å². The van der Waals surface area contributed by atoms with Crippen molar-refractivity contribution in [2.45, 2.75) is 0 Å². The molecular formula is C59H38N2. The Morgan fingerprint density at radius 1 is 0.262 bits per heavy atom. The Morgan fingerprint density at radius 2 is 0.836 bits per heavy atom. The van der Waals surface area contributed by atoms with Gasteiger partial charge in [-0.05, 0) is 120 Å². The largest absolute Gasteiger partial charge is 0.309 e. The Hall–Kier alpha value is -8.07. The van der Waals surface area contributed by atoms with Crippen molar-refractivity contribution in [2.75, 3.05) is 0 Å². The van der Waals surface area contributed by atoms with Gasteiger partial charge in [-0.25, -0.2) is 4.98 Å². The summed E-state index contributed by atoms with van der Waals surface area (Å²) in [5.41, 5.74) is 14.4. The van der Waals surface area contributed by atoms with Crippen LogP contribution in [0.2, 0.25) is 0 Å². The molecule has 0 saturated carbocycles. The summed E-state index contributed by atoms with van der Waals surface area (Å²) < 4.78 is 2.46. The minimum atomic E-state index is 0.920. The first-order chi connectivity index (χ1) is 30.2. The quantitative estimate of drug-likeness (QED) is 0.154. The van der Waals surface area contributed by atoms with Gasteiger partial charge in [0.15, 0.2) is 0 Å². The maximum atomic E-state index is 5.54. The van der Waals surface area contributed by atoms with Gasteiger partial charge in [0.2, 0.25) is 0 Å². The van der Waals surface area contributed by atoms with Gasteiger partial charge in [0.05, 0.1) is 22.4 Å². The van der Waals surface area contributed by atoms with Crippen LogP contribution >= 0.6 is 0 Å². The molecule has 12 rings (SSSR count). The van der Waals surface area contributed by atoms with Gasteiger partial charge in [0.1, 0.15) is 0 Å². The fraction of sp³-hybridized carbons (Fsp3) is 0. The van der Waals surface area contributed by atoms with Gasteiger partial charge >= 0.3 is 0 Å². The summed E-state index contributed by atoms with van der Waals surface area (Å²) in [6, 6.07) is 83.8. The molecule has 61 heavy (non-hydrogen) atoms. The molecule has 0 saturated heterocycles. The van der Waals surface area contributed by atoms with Crippen LogP contribution in [0.5, 0.6) is 0 Å². The summed E-state index contributed by atoms with van der Waals surface area (Å²) in [5.74, 6) is 0. The third kappa shape index (κ3) is 6.08. The Balaban J connectivity index is 1.17. The second-order valence-corrected chi connectivity index (χ2v) is 16.0. The van der Waals surface area contributed by atoms with Gasteiger partial charge in [0.25, 0.3) is 0 Å². The lowest BCUT2D eigenvalue weighted by Crippen LogP contribution is -1.98. The first-order valence-electron chi connectivity index (χ1n) is 20.9. The highest BCUT2D eigenvalue weighted by molar-refractivity contribution is 6.14. The van der Waals surface area contributed by atoms with Crippen LogP contribution in [-0.4, -0.2) is 9.55 Å². The van der Waals surface area contributed by atoms with Crippen LogP contribution in [0, 0.1) is 0 Å². The second-order valence-electron chi connectivity index (χ2n) is 16.0. The number of hydrogen-bond donors (Lipinski definition) is 0. The molecule has 0 fully saturated rings. The van der Waals surface area contributed by atoms with Crippen LogP contribution in [-0.2, 0) is 0 Å². The fourth-order valence-electron chi connectivity index (χ4n) is 9.37. The molecule has 2 nitrogen and oxygen atoms in total. The zero-order valence-electron chi connectivity index (χ0n) is 33.3. The molecule has 284 valence electrons. The first-order valence-corrected chi connectivity index (χ1v) is 20.9. The predicted octanol–water partition coefficient (Wildman–Crippen LogP) is 16.0. The average Bonchev–Trinajstić information content (AvgIpc) is 3.67. The molecule has 0 aliphatic rings. The summed E-state index contributed by atoms with van der Waals surface area (Å²) in [7, 11) is 0. The zero-order chi connectivity index (χ0) is 40.3. The van der Waals surface area contributed by atoms with E-state index in [1.165, 1.54) is 59.8 Å². The Morgan fingerprint density at radius 3 is 1.62 bits per heavy atom. The van der Waals surface area contributed by atoms with E-state index < -0.39 is 0 Å². The van der Waals surface area contributed by atoms with Gasteiger partial charge in [-0.3, -0.25) is 0 Å². The number of pyridine rings is 1. The lowest BCUT2D eigenvalue weighted by atomic mass is 9.91. The van der Waals surface area contributed by atoms with Crippen LogP contribution < -0.4 is 0 Å². The van der Waals surface area contributed by atoms with Crippen LogP contribution in [0.15, 0.2) is 231 Å². The van der Waals surface area contributed by atoms with Crippen molar-refractivity contribution in [3.63, 3.8) is 0 Å². The number of rotatable bonds is 6. The molecule has 0 spiro atoms. The van der Waals surface area contributed by atoms with Gasteiger partial charge < -0.3 is 4.57 Å². The highest BCUT2D eigenvalue weighted by atomic mass is 15.0. The second kappa shape index (κ2) is 14.3. The topological polar surface area (TPSA) is 17.8 Å². The van der Waals surface area contributed by atoms with E-state index in [1.807, 2.05) is 0 Å². The van der Waals surface area contributed by atoms with E-state index in [1.54, 1.807) is 0 Å². The Kier molecular flexibility index (Phi) is 8.21. The third-order valence-corrected chi connectivity index (χ3v) is 12.3. The van der Waals surface area contributed by atoms with Crippen molar-refractivity contribution < 1.29 is 0 Å². The van der Waals surface area contributed by atoms with Gasteiger partial charge in [-0.2, -0.15) is 0 Å². The molecule has 12 aromatic rings. The molecule has 0 N–H and O–H groups in total. The minimum Gasteiger partial charge on any atom is -0.309 e. The molecule has 10 aromatic carbocycles. The molecule has 0 unspecified atom stereocenters. The normalized spacial score (nSPS) is 11.6. The summed E-state index contributed by atoms with van der Waals surface area (Å²) in [6.45, 7) is 0. The van der Waals surface area contributed by atoms with Crippen LogP contribution in [0.1, 0.15) is 0 Å². The van der Waals surface area contributed by atoms with E-state index in [2.05, 4.69) is 235 Å². The van der Waals surface area contributed by atoms with Gasteiger partial charge in [-0.1, -0.05) is 176 Å². The highest BCUT2D eigenvalue weighted by Gasteiger charge is 2.19. The SMILES string of the molecule is c1ccc(-c2cc(-c3cc(-c4cc5ccccc5c5ccccc45)cc(-n4c5ccccc5c5ccc(-c6ccccc6)cc54)c3)nc(-c3ccc4ccccc4c3)c2)cc1. The number of aromatic nitrogens is 2. The van der Waals surface area contributed by atoms with E-state index in [9.17, 15) is 0 Å². The van der Waals surface area contributed by atoms with Gasteiger partial charge in [0, 0.05) is 27.6 Å². The van der Waals surface area contributed by atoms with E-state index in [-0.39, 0.29) is 0 Å².